The molecule has 0 spiro atoms. The number of hydrogen-bond acceptors (Lipinski definition) is 3. The number of carboxylic acids is 1. The number of fused-ring (bicyclic) bond motifs is 3. The summed E-state index contributed by atoms with van der Waals surface area (Å²) in [7, 11) is 0. The van der Waals surface area contributed by atoms with E-state index in [1.165, 1.54) is 18.2 Å². The first-order chi connectivity index (χ1) is 18.7. The molecule has 0 aromatic heterocycles. The minimum absolute atomic E-state index is 0.00619. The number of aliphatic carboxylic acids is 1. The van der Waals surface area contributed by atoms with Gasteiger partial charge in [0.1, 0.15) is 18.2 Å². The molecule has 3 aliphatic rings. The fourth-order valence-electron chi connectivity index (χ4n) is 6.76. The molecule has 1 saturated heterocycles. The molecule has 10 heteroatoms. The zero-order chi connectivity index (χ0) is 29.1. The molecule has 1 saturated carbocycles. The monoisotopic (exact) mass is 565 g/mol. The summed E-state index contributed by atoms with van der Waals surface area (Å²) in [6.45, 7) is 2.71. The lowest BCUT2D eigenvalue weighted by atomic mass is 9.67. The van der Waals surface area contributed by atoms with Gasteiger partial charge in [-0.25, -0.2) is 8.78 Å². The summed E-state index contributed by atoms with van der Waals surface area (Å²) in [6, 6.07) is 9.20. The van der Waals surface area contributed by atoms with Crippen molar-refractivity contribution < 1.29 is 41.4 Å². The van der Waals surface area contributed by atoms with Gasteiger partial charge in [0.2, 0.25) is 11.6 Å². The molecule has 0 bridgehead atoms. The number of rotatable bonds is 5. The lowest BCUT2D eigenvalue weighted by Crippen LogP contribution is -2.55. The van der Waals surface area contributed by atoms with Crippen LogP contribution in [0.2, 0.25) is 0 Å². The molecule has 2 aromatic carbocycles. The lowest BCUT2D eigenvalue weighted by molar-refractivity contribution is -0.228. The van der Waals surface area contributed by atoms with E-state index in [9.17, 15) is 36.6 Å². The van der Waals surface area contributed by atoms with Gasteiger partial charge < -0.3 is 14.7 Å². The molecule has 3 atom stereocenters. The van der Waals surface area contributed by atoms with Crippen molar-refractivity contribution >= 4 is 11.9 Å². The van der Waals surface area contributed by atoms with Crippen LogP contribution in [-0.4, -0.2) is 47.3 Å². The average molecular weight is 566 g/mol. The summed E-state index contributed by atoms with van der Waals surface area (Å²) in [4.78, 5) is 27.2. The molecule has 2 aliphatic heterocycles. The van der Waals surface area contributed by atoms with E-state index < -0.39 is 52.0 Å². The fourth-order valence-corrected chi connectivity index (χ4v) is 6.76. The van der Waals surface area contributed by atoms with E-state index in [1.54, 1.807) is 17.0 Å². The van der Waals surface area contributed by atoms with Crippen molar-refractivity contribution in [1.82, 2.24) is 4.90 Å². The van der Waals surface area contributed by atoms with Crippen molar-refractivity contribution in [3.63, 3.8) is 0 Å². The molecule has 3 unspecified atom stereocenters. The van der Waals surface area contributed by atoms with Gasteiger partial charge in [0, 0.05) is 28.5 Å². The molecule has 1 aliphatic carbocycles. The van der Waals surface area contributed by atoms with Crippen LogP contribution < -0.4 is 4.74 Å². The highest BCUT2D eigenvalue weighted by atomic mass is 19.4. The van der Waals surface area contributed by atoms with Crippen molar-refractivity contribution in [3.8, 4) is 5.75 Å². The Bertz CT molecular complexity index is 1300. The smallest absolute Gasteiger partial charge is 0.426 e. The molecule has 0 radical (unpaired) electrons. The third-order valence-electron chi connectivity index (χ3n) is 9.45. The van der Waals surface area contributed by atoms with Gasteiger partial charge in [0.15, 0.2) is 0 Å². The summed E-state index contributed by atoms with van der Waals surface area (Å²) in [5.41, 5.74) is -4.26. The van der Waals surface area contributed by atoms with E-state index >= 15 is 0 Å². The van der Waals surface area contributed by atoms with Crippen LogP contribution in [0.3, 0.4) is 0 Å². The molecule has 1 amide bonds. The topological polar surface area (TPSA) is 66.8 Å². The number of alkyl halides is 4. The van der Waals surface area contributed by atoms with Crippen LogP contribution in [0.4, 0.5) is 22.0 Å². The second kappa shape index (κ2) is 9.73. The molecule has 216 valence electrons. The Morgan fingerprint density at radius 2 is 1.70 bits per heavy atom. The normalized spacial score (nSPS) is 29.6. The quantitative estimate of drug-likeness (QED) is 0.431. The summed E-state index contributed by atoms with van der Waals surface area (Å²) in [6.07, 6.45) is -2.58. The zero-order valence-electron chi connectivity index (χ0n) is 22.4. The number of likely N-dealkylation sites (tertiary alicyclic amines) is 1. The average Bonchev–Trinajstić information content (AvgIpc) is 3.28. The van der Waals surface area contributed by atoms with Crippen molar-refractivity contribution in [1.29, 1.82) is 0 Å². The maximum atomic E-state index is 14.8. The molecule has 2 heterocycles. The Labute approximate surface area is 229 Å². The Kier molecular flexibility index (Phi) is 6.90. The van der Waals surface area contributed by atoms with Crippen LogP contribution in [-0.2, 0) is 27.1 Å². The van der Waals surface area contributed by atoms with Crippen LogP contribution in [0, 0.1) is 17.2 Å². The third-order valence-corrected chi connectivity index (χ3v) is 9.45. The number of carbonyl (C=O) groups excluding carboxylic acids is 1. The van der Waals surface area contributed by atoms with Gasteiger partial charge in [-0.3, -0.25) is 9.59 Å². The predicted molar refractivity (Wildman–Crippen MR) is 136 cm³/mol. The van der Waals surface area contributed by atoms with Crippen molar-refractivity contribution in [2.24, 2.45) is 11.3 Å². The molecule has 1 N–H and O–H groups in total. The molecule has 5 rings (SSSR count). The Morgan fingerprint density at radius 3 is 2.30 bits per heavy atom. The number of hydrogen-bond donors (Lipinski definition) is 1. The molecule has 2 fully saturated rings. The molecular formula is C30H32F5NO4. The zero-order valence-corrected chi connectivity index (χ0v) is 22.4. The number of ether oxygens (including phenoxy) is 1. The van der Waals surface area contributed by atoms with E-state index in [-0.39, 0.29) is 18.3 Å². The number of nitrogens with zero attached hydrogens (tertiary/aromatic N) is 1. The largest absolute Gasteiger partial charge is 0.491 e. The summed E-state index contributed by atoms with van der Waals surface area (Å²) < 4.78 is 74.8. The van der Waals surface area contributed by atoms with E-state index in [0.29, 0.717) is 57.6 Å². The van der Waals surface area contributed by atoms with E-state index in [0.717, 1.165) is 17.7 Å². The molecule has 2 aromatic rings. The van der Waals surface area contributed by atoms with Gasteiger partial charge in [0.05, 0.1) is 12.0 Å². The van der Waals surface area contributed by atoms with E-state index in [1.807, 2.05) is 6.92 Å². The highest BCUT2D eigenvalue weighted by molar-refractivity contribution is 5.84. The fraction of sp³-hybridized carbons (Fsp3) is 0.533. The number of carboxylic acid groups (broad SMARTS) is 1. The summed E-state index contributed by atoms with van der Waals surface area (Å²) in [5, 5.41) is 9.39. The van der Waals surface area contributed by atoms with Crippen LogP contribution in [0.1, 0.15) is 62.6 Å². The lowest BCUT2D eigenvalue weighted by Gasteiger charge is -2.45. The maximum Gasteiger partial charge on any atom is 0.426 e. The first kappa shape index (κ1) is 28.4. The predicted octanol–water partition coefficient (Wildman–Crippen LogP) is 6.33. The van der Waals surface area contributed by atoms with Crippen LogP contribution in [0.5, 0.6) is 5.75 Å². The first-order valence-electron chi connectivity index (χ1n) is 13.5. The van der Waals surface area contributed by atoms with E-state index in [4.69, 9.17) is 4.74 Å². The minimum Gasteiger partial charge on any atom is -0.491 e. The SMILES string of the molecule is CC1(C(=O)N2CCC3(Cc4ccc(F)cc4)c4ccc(C(C)(F)C(F)(F)F)cc4OCC23)CCC(C(=O)O)CC1. The third kappa shape index (κ3) is 4.63. The summed E-state index contributed by atoms with van der Waals surface area (Å²) in [5.74, 6) is -1.70. The molecule has 40 heavy (non-hydrogen) atoms. The number of halogens is 5. The van der Waals surface area contributed by atoms with Crippen LogP contribution >= 0.6 is 0 Å². The van der Waals surface area contributed by atoms with Gasteiger partial charge in [0.25, 0.3) is 0 Å². The Hall–Kier alpha value is -3.17. The molecular weight excluding hydrogens is 533 g/mol. The molecule has 5 nitrogen and oxygen atoms in total. The highest BCUT2D eigenvalue weighted by Crippen LogP contribution is 2.53. The van der Waals surface area contributed by atoms with Crippen LogP contribution in [0.15, 0.2) is 42.5 Å². The Morgan fingerprint density at radius 1 is 1.05 bits per heavy atom. The van der Waals surface area contributed by atoms with Crippen molar-refractivity contribution in [2.75, 3.05) is 13.2 Å². The van der Waals surface area contributed by atoms with Gasteiger partial charge >= 0.3 is 12.1 Å². The number of amides is 1. The number of benzene rings is 2. The van der Waals surface area contributed by atoms with Gasteiger partial charge in [-0.05, 0) is 69.2 Å². The van der Waals surface area contributed by atoms with Crippen molar-refractivity contribution in [2.45, 2.75) is 75.7 Å². The van der Waals surface area contributed by atoms with E-state index in [2.05, 4.69) is 0 Å². The number of carbonyl (C=O) groups is 2. The van der Waals surface area contributed by atoms with Crippen molar-refractivity contribution in [3.05, 3.63) is 65.0 Å². The maximum absolute atomic E-state index is 14.8. The summed E-state index contributed by atoms with van der Waals surface area (Å²) >= 11 is 0. The van der Waals surface area contributed by atoms with Crippen LogP contribution in [0.25, 0.3) is 0 Å². The van der Waals surface area contributed by atoms with Gasteiger partial charge in [-0.2, -0.15) is 13.2 Å². The Balaban J connectivity index is 1.52. The van der Waals surface area contributed by atoms with Gasteiger partial charge in [-0.1, -0.05) is 31.2 Å². The second-order valence-corrected chi connectivity index (χ2v) is 11.9. The standard InChI is InChI=1S/C30H32F5NO4/c1-27(11-9-19(10-12-27)25(37)38)26(39)36-14-13-29(16-18-3-6-21(31)7-4-18)22-8-5-20(28(2,32)30(33,34)35)15-23(22)40-17-24(29)36/h3-8,15,19,24H,9-14,16-17H2,1-2H3,(H,37,38). The van der Waals surface area contributed by atoms with Gasteiger partial charge in [-0.15, -0.1) is 0 Å². The first-order valence-corrected chi connectivity index (χ1v) is 13.5. The minimum atomic E-state index is -5.12. The second-order valence-electron chi connectivity index (χ2n) is 11.9. The highest BCUT2D eigenvalue weighted by Gasteiger charge is 2.57.